The summed E-state index contributed by atoms with van der Waals surface area (Å²) in [6.07, 6.45) is 7.54. The average Bonchev–Trinajstić information content (AvgIpc) is 2.47. The summed E-state index contributed by atoms with van der Waals surface area (Å²) in [4.78, 5) is 0. The molecule has 142 valence electrons. The van der Waals surface area contributed by atoms with Crippen molar-refractivity contribution in [3.05, 3.63) is 0 Å². The predicted octanol–water partition coefficient (Wildman–Crippen LogP) is 3.86. The van der Waals surface area contributed by atoms with Gasteiger partial charge in [0.05, 0.1) is 12.1 Å². The Balaban J connectivity index is -0.0000000846. The minimum absolute atomic E-state index is 0. The highest BCUT2D eigenvalue weighted by Crippen LogP contribution is 2.06. The summed E-state index contributed by atoms with van der Waals surface area (Å²) >= 11 is 10.9. The van der Waals surface area contributed by atoms with Gasteiger partial charge in [0.25, 0.3) is 0 Å². The van der Waals surface area contributed by atoms with Crippen LogP contribution in [0.15, 0.2) is 0 Å². The van der Waals surface area contributed by atoms with E-state index in [1.807, 2.05) is 0 Å². The summed E-state index contributed by atoms with van der Waals surface area (Å²) in [6, 6.07) is 4.18. The third-order valence-electron chi connectivity index (χ3n) is 2.11. The Morgan fingerprint density at radius 2 is 1.42 bits per heavy atom. The van der Waals surface area contributed by atoms with Crippen LogP contribution in [0.25, 0.3) is 0 Å². The van der Waals surface area contributed by atoms with Gasteiger partial charge in [0.15, 0.2) is 10.3 Å². The van der Waals surface area contributed by atoms with E-state index in [0.717, 1.165) is 50.2 Å². The van der Waals surface area contributed by atoms with Gasteiger partial charge >= 0.3 is 0 Å². The molecule has 0 radical (unpaired) electrons. The van der Waals surface area contributed by atoms with Crippen molar-refractivity contribution in [1.82, 2.24) is 0 Å². The number of amidine groups is 1. The summed E-state index contributed by atoms with van der Waals surface area (Å²) in [7, 11) is 0. The molecule has 0 saturated heterocycles. The zero-order valence-electron chi connectivity index (χ0n) is 13.8. The lowest BCUT2D eigenvalue weighted by Crippen LogP contribution is -2.18. The molecule has 0 saturated carbocycles. The number of halogens is 2. The van der Waals surface area contributed by atoms with Crippen molar-refractivity contribution in [2.24, 2.45) is 17.2 Å². The number of nitrogens with zero attached hydrogens (tertiary/aromatic N) is 2. The molecule has 6 nitrogen and oxygen atoms in total. The van der Waals surface area contributed by atoms with Crippen LogP contribution >= 0.6 is 48.0 Å². The number of thioether (sulfide) groups is 1. The molecule has 0 aliphatic heterocycles. The van der Waals surface area contributed by atoms with E-state index in [2.05, 4.69) is 35.8 Å². The standard InChI is InChI=1S/C7H13N3S.C6H10ClN.CH4N2S.ClH.H2/c8-5-3-1-2-4-6-11-7(9)10;7-5-3-1-2-4-6-8;2-1(3)4;;/h1-4,6H2,(H3,9,10);1-5H2;(H4,2,3,4);2*1H. The van der Waals surface area contributed by atoms with Crippen LogP contribution in [0.5, 0.6) is 0 Å². The minimum atomic E-state index is 0. The number of nitrogens with two attached hydrogens (primary N) is 3. The van der Waals surface area contributed by atoms with Crippen molar-refractivity contribution in [2.75, 3.05) is 11.6 Å². The molecule has 0 aliphatic carbocycles. The van der Waals surface area contributed by atoms with Gasteiger partial charge < -0.3 is 17.2 Å². The molecular formula is C14H30Cl2N6S2. The van der Waals surface area contributed by atoms with Gasteiger partial charge in [-0.05, 0) is 37.9 Å². The molecule has 0 heterocycles. The molecule has 0 bridgehead atoms. The van der Waals surface area contributed by atoms with Gasteiger partial charge in [0.1, 0.15) is 0 Å². The van der Waals surface area contributed by atoms with Crippen LogP contribution in [0.4, 0.5) is 0 Å². The van der Waals surface area contributed by atoms with Gasteiger partial charge in [0.2, 0.25) is 0 Å². The summed E-state index contributed by atoms with van der Waals surface area (Å²) in [5.41, 5.74) is 14.4. The second kappa shape index (κ2) is 30.0. The largest absolute Gasteiger partial charge is 0.379 e. The number of rotatable bonds is 9. The number of hydrogen-bond acceptors (Lipinski definition) is 5. The van der Waals surface area contributed by atoms with E-state index in [9.17, 15) is 0 Å². The zero-order chi connectivity index (χ0) is 18.3. The molecular weight excluding hydrogens is 387 g/mol. The molecule has 0 aliphatic rings. The fraction of sp³-hybridized carbons (Fsp3) is 0.714. The Morgan fingerprint density at radius 3 is 1.75 bits per heavy atom. The number of hydrogen-bond donors (Lipinski definition) is 4. The van der Waals surface area contributed by atoms with Crippen LogP contribution in [0, 0.1) is 28.1 Å². The maximum atomic E-state index is 8.20. The quantitative estimate of drug-likeness (QED) is 0.146. The van der Waals surface area contributed by atoms with E-state index in [1.54, 1.807) is 0 Å². The fourth-order valence-corrected chi connectivity index (χ4v) is 1.90. The molecule has 0 aromatic heterocycles. The molecule has 24 heavy (non-hydrogen) atoms. The van der Waals surface area contributed by atoms with Crippen molar-refractivity contribution in [3.8, 4) is 12.1 Å². The van der Waals surface area contributed by atoms with Crippen LogP contribution in [0.3, 0.4) is 0 Å². The number of alkyl halides is 1. The van der Waals surface area contributed by atoms with E-state index in [0.29, 0.717) is 12.8 Å². The number of nitriles is 2. The second-order valence-electron chi connectivity index (χ2n) is 4.24. The van der Waals surface area contributed by atoms with Gasteiger partial charge in [-0.3, -0.25) is 5.41 Å². The monoisotopic (exact) mass is 416 g/mol. The molecule has 10 heteroatoms. The van der Waals surface area contributed by atoms with E-state index < -0.39 is 0 Å². The highest BCUT2D eigenvalue weighted by Gasteiger charge is 1.91. The van der Waals surface area contributed by atoms with Gasteiger partial charge in [0, 0.05) is 25.9 Å². The van der Waals surface area contributed by atoms with E-state index >= 15 is 0 Å². The van der Waals surface area contributed by atoms with Gasteiger partial charge in [-0.2, -0.15) is 10.5 Å². The maximum absolute atomic E-state index is 8.20. The van der Waals surface area contributed by atoms with Crippen molar-refractivity contribution >= 4 is 58.3 Å². The summed E-state index contributed by atoms with van der Waals surface area (Å²) in [5.74, 6) is 1.63. The van der Waals surface area contributed by atoms with Crippen LogP contribution in [-0.2, 0) is 0 Å². The molecule has 0 rings (SSSR count). The molecule has 0 atom stereocenters. The summed E-state index contributed by atoms with van der Waals surface area (Å²) < 4.78 is 0. The highest BCUT2D eigenvalue weighted by atomic mass is 35.5. The molecule has 0 unspecified atom stereocenters. The van der Waals surface area contributed by atoms with Crippen molar-refractivity contribution in [1.29, 1.82) is 15.9 Å². The number of unbranched alkanes of at least 4 members (excludes halogenated alkanes) is 6. The lowest BCUT2D eigenvalue weighted by Gasteiger charge is -1.96. The Bertz CT molecular complexity index is 371. The molecule has 0 fully saturated rings. The molecule has 0 spiro atoms. The van der Waals surface area contributed by atoms with Gasteiger partial charge in [-0.1, -0.05) is 24.6 Å². The molecule has 0 amide bonds. The minimum Gasteiger partial charge on any atom is -0.379 e. The van der Waals surface area contributed by atoms with Crippen LogP contribution < -0.4 is 17.2 Å². The Labute approximate surface area is 167 Å². The number of thiocarbonyl (C=S) groups is 1. The van der Waals surface area contributed by atoms with Gasteiger partial charge in [-0.25, -0.2) is 0 Å². The van der Waals surface area contributed by atoms with Crippen molar-refractivity contribution in [3.63, 3.8) is 0 Å². The van der Waals surface area contributed by atoms with Crippen molar-refractivity contribution in [2.45, 2.75) is 51.4 Å². The SMILES string of the molecule is Cl.N#CCCCCCCl.N#CCCCCCSC(=N)N.NC(N)=S.[HH]. The normalized spacial score (nSPS) is 7.96. The average molecular weight is 417 g/mol. The lowest BCUT2D eigenvalue weighted by atomic mass is 10.2. The maximum Gasteiger partial charge on any atom is 0.160 e. The lowest BCUT2D eigenvalue weighted by molar-refractivity contribution is 0.737. The predicted molar refractivity (Wildman–Crippen MR) is 114 cm³/mol. The van der Waals surface area contributed by atoms with E-state index in [1.165, 1.54) is 11.8 Å². The van der Waals surface area contributed by atoms with Crippen molar-refractivity contribution < 1.29 is 1.43 Å². The Hall–Kier alpha value is -0.930. The molecule has 0 aromatic carbocycles. The summed E-state index contributed by atoms with van der Waals surface area (Å²) in [6.45, 7) is 0. The van der Waals surface area contributed by atoms with Crippen LogP contribution in [0.2, 0.25) is 0 Å². The molecule has 7 N–H and O–H groups in total. The first kappa shape index (κ1) is 30.9. The third-order valence-corrected chi connectivity index (χ3v) is 3.18. The van der Waals surface area contributed by atoms with E-state index in [4.69, 9.17) is 33.3 Å². The smallest absolute Gasteiger partial charge is 0.160 e. The Kier molecular flexibility index (Phi) is 38.6. The first-order chi connectivity index (χ1) is 10.9. The van der Waals surface area contributed by atoms with Crippen LogP contribution in [0.1, 0.15) is 52.8 Å². The second-order valence-corrected chi connectivity index (χ2v) is 6.23. The molecule has 0 aromatic rings. The first-order valence-corrected chi connectivity index (χ1v) is 9.16. The fourth-order valence-electron chi connectivity index (χ4n) is 1.14. The zero-order valence-corrected chi connectivity index (χ0v) is 17.0. The van der Waals surface area contributed by atoms with Crippen LogP contribution in [-0.4, -0.2) is 21.9 Å². The topological polar surface area (TPSA) is 149 Å². The summed E-state index contributed by atoms with van der Waals surface area (Å²) in [5, 5.41) is 23.4. The third kappa shape index (κ3) is 58.3. The first-order valence-electron chi connectivity index (χ1n) is 7.23. The van der Waals surface area contributed by atoms with E-state index in [-0.39, 0.29) is 24.1 Å². The Morgan fingerprint density at radius 1 is 1.00 bits per heavy atom. The van der Waals surface area contributed by atoms with Gasteiger partial charge in [-0.15, -0.1) is 24.0 Å². The highest BCUT2D eigenvalue weighted by molar-refractivity contribution is 8.13. The number of nitrogens with one attached hydrogen (secondary N) is 1.